The van der Waals surface area contributed by atoms with Gasteiger partial charge < -0.3 is 10.2 Å². The van der Waals surface area contributed by atoms with E-state index in [9.17, 15) is 9.59 Å². The van der Waals surface area contributed by atoms with Crippen molar-refractivity contribution in [3.8, 4) is 0 Å². The molecule has 1 saturated carbocycles. The van der Waals surface area contributed by atoms with Crippen LogP contribution in [0.5, 0.6) is 0 Å². The molecule has 1 atom stereocenters. The Bertz CT molecular complexity index is 1530. The molecule has 0 heterocycles. The highest BCUT2D eigenvalue weighted by Crippen LogP contribution is 2.40. The Hall–Kier alpha value is -3.66. The molecule has 3 aliphatic rings. The first-order valence-electron chi connectivity index (χ1n) is 13.4. The number of benzene rings is 3. The third kappa shape index (κ3) is 4.98. The van der Waals surface area contributed by atoms with Gasteiger partial charge in [-0.15, -0.1) is 0 Å². The van der Waals surface area contributed by atoms with Crippen LogP contribution in [0.3, 0.4) is 0 Å². The van der Waals surface area contributed by atoms with Gasteiger partial charge in [-0.1, -0.05) is 73.9 Å². The van der Waals surface area contributed by atoms with Crippen LogP contribution in [0, 0.1) is 23.3 Å². The molecule has 0 saturated heterocycles. The second-order valence-corrected chi connectivity index (χ2v) is 10.5. The molecule has 4 nitrogen and oxygen atoms in total. The van der Waals surface area contributed by atoms with Gasteiger partial charge in [0.1, 0.15) is 0 Å². The van der Waals surface area contributed by atoms with E-state index in [0.717, 1.165) is 5.92 Å². The van der Waals surface area contributed by atoms with Crippen molar-refractivity contribution >= 4 is 24.1 Å². The molecule has 190 valence electrons. The molecule has 6 rings (SSSR count). The minimum Gasteiger partial charge on any atom is -0.478 e. The maximum Gasteiger partial charge on any atom is 0.335 e. The first-order chi connectivity index (χ1) is 18.0. The molecule has 3 aliphatic carbocycles. The average Bonchev–Trinajstić information content (AvgIpc) is 2.93. The summed E-state index contributed by atoms with van der Waals surface area (Å²) in [5, 5.41) is 23.3. The van der Waals surface area contributed by atoms with E-state index < -0.39 is 11.9 Å². The Morgan fingerprint density at radius 1 is 0.757 bits per heavy atom. The third-order valence-electron chi connectivity index (χ3n) is 8.28. The van der Waals surface area contributed by atoms with Crippen LogP contribution < -0.4 is 10.4 Å². The molecule has 1 unspecified atom stereocenters. The molecule has 4 heteroatoms. The zero-order chi connectivity index (χ0) is 25.9. The van der Waals surface area contributed by atoms with E-state index >= 15 is 0 Å². The lowest BCUT2D eigenvalue weighted by Crippen LogP contribution is -2.26. The van der Waals surface area contributed by atoms with Crippen molar-refractivity contribution in [2.24, 2.45) is 5.92 Å². The molecule has 3 aromatic rings. The van der Waals surface area contributed by atoms with Crippen LogP contribution in [0.1, 0.15) is 88.3 Å². The van der Waals surface area contributed by atoms with Crippen LogP contribution in [-0.4, -0.2) is 22.2 Å². The van der Waals surface area contributed by atoms with E-state index in [-0.39, 0.29) is 16.7 Å². The smallest absolute Gasteiger partial charge is 0.335 e. The van der Waals surface area contributed by atoms with Gasteiger partial charge in [0.25, 0.3) is 0 Å². The largest absolute Gasteiger partial charge is 0.478 e. The molecule has 1 fully saturated rings. The Labute approximate surface area is 217 Å². The Morgan fingerprint density at radius 3 is 2.16 bits per heavy atom. The highest BCUT2D eigenvalue weighted by molar-refractivity contribution is 5.96. The Balaban J connectivity index is 0.000000184. The van der Waals surface area contributed by atoms with Crippen molar-refractivity contribution < 1.29 is 19.8 Å². The number of hydrogen-bond donors (Lipinski definition) is 2. The summed E-state index contributed by atoms with van der Waals surface area (Å²) in [4.78, 5) is 21.2. The van der Waals surface area contributed by atoms with E-state index in [1.165, 1.54) is 97.4 Å². The molecular weight excluding hydrogens is 460 g/mol. The van der Waals surface area contributed by atoms with Gasteiger partial charge in [0, 0.05) is 5.92 Å². The van der Waals surface area contributed by atoms with E-state index in [1.54, 1.807) is 11.1 Å². The second kappa shape index (κ2) is 10.8. The van der Waals surface area contributed by atoms with Crippen LogP contribution in [0.15, 0.2) is 54.6 Å². The molecule has 0 bridgehead atoms. The minimum absolute atomic E-state index is 0.0277. The highest BCUT2D eigenvalue weighted by Gasteiger charge is 2.28. The van der Waals surface area contributed by atoms with Crippen LogP contribution >= 0.6 is 0 Å². The molecular formula is C33H34O4. The maximum absolute atomic E-state index is 10.6. The second-order valence-electron chi connectivity index (χ2n) is 10.5. The zero-order valence-corrected chi connectivity index (χ0v) is 21.4. The Morgan fingerprint density at radius 2 is 1.46 bits per heavy atom. The normalized spacial score (nSPS) is 18.0. The van der Waals surface area contributed by atoms with Crippen LogP contribution in [-0.2, 0) is 6.42 Å². The van der Waals surface area contributed by atoms with Crippen molar-refractivity contribution in [3.05, 3.63) is 103 Å². The highest BCUT2D eigenvalue weighted by atomic mass is 16.4. The predicted octanol–water partition coefficient (Wildman–Crippen LogP) is 5.94. The summed E-state index contributed by atoms with van der Waals surface area (Å²) in [5.41, 5.74) is 3.69. The quantitative estimate of drug-likeness (QED) is 0.473. The van der Waals surface area contributed by atoms with Gasteiger partial charge in [0.15, 0.2) is 0 Å². The van der Waals surface area contributed by atoms with Gasteiger partial charge in [-0.05, 0) is 94.6 Å². The SMILES string of the molecule is C1=c2ccc3c(c2CCC1)C(C1CCCCC1)C=c1ccccc1=3.Cc1c(C(=O)O)cccc1C(=O)O. The van der Waals surface area contributed by atoms with Gasteiger partial charge in [0.05, 0.1) is 11.1 Å². The number of fused-ring (bicyclic) bond motifs is 4. The van der Waals surface area contributed by atoms with Crippen molar-refractivity contribution in [2.45, 2.75) is 64.2 Å². The van der Waals surface area contributed by atoms with E-state index in [1.807, 2.05) is 0 Å². The standard InChI is InChI=1S/C24H26.C9H8O4/c1-2-8-17(9-3-1)23-16-19-11-5-6-12-20(19)22-15-14-18-10-4-7-13-21(18)24(22)23;1-5-6(8(10)11)3-2-4-7(5)9(12)13/h5-6,10-12,14-17,23H,1-4,7-9,13H2;2-4H,1H3,(H,10,11)(H,12,13). The summed E-state index contributed by atoms with van der Waals surface area (Å²) in [6.07, 6.45) is 16.0. The third-order valence-corrected chi connectivity index (χ3v) is 8.28. The van der Waals surface area contributed by atoms with E-state index in [4.69, 9.17) is 10.2 Å². The number of aromatic carboxylic acids is 2. The summed E-state index contributed by atoms with van der Waals surface area (Å²) in [6.45, 7) is 1.48. The van der Waals surface area contributed by atoms with Gasteiger partial charge in [-0.2, -0.15) is 0 Å². The molecule has 3 aromatic carbocycles. The molecule has 37 heavy (non-hydrogen) atoms. The van der Waals surface area contributed by atoms with Crippen molar-refractivity contribution in [2.75, 3.05) is 0 Å². The van der Waals surface area contributed by atoms with Gasteiger partial charge in [0.2, 0.25) is 0 Å². The molecule has 2 N–H and O–H groups in total. The maximum atomic E-state index is 10.6. The number of carboxylic acid groups (broad SMARTS) is 2. The predicted molar refractivity (Wildman–Crippen MR) is 146 cm³/mol. The van der Waals surface area contributed by atoms with Crippen molar-refractivity contribution in [1.29, 1.82) is 0 Å². The summed E-state index contributed by atoms with van der Waals surface area (Å²) in [7, 11) is 0. The lowest BCUT2D eigenvalue weighted by atomic mass is 9.72. The van der Waals surface area contributed by atoms with Crippen LogP contribution in [0.4, 0.5) is 0 Å². The Kier molecular flexibility index (Phi) is 7.27. The summed E-state index contributed by atoms with van der Waals surface area (Å²) in [5.74, 6) is -0.739. The lowest BCUT2D eigenvalue weighted by Gasteiger charge is -2.32. The summed E-state index contributed by atoms with van der Waals surface area (Å²) >= 11 is 0. The van der Waals surface area contributed by atoms with Crippen LogP contribution in [0.2, 0.25) is 0 Å². The number of hydrogen-bond acceptors (Lipinski definition) is 2. The number of carbonyl (C=O) groups is 2. The van der Waals surface area contributed by atoms with Gasteiger partial charge >= 0.3 is 11.9 Å². The monoisotopic (exact) mass is 494 g/mol. The fourth-order valence-corrected chi connectivity index (χ4v) is 6.43. The van der Waals surface area contributed by atoms with Crippen LogP contribution in [0.25, 0.3) is 12.2 Å². The molecule has 0 aliphatic heterocycles. The zero-order valence-electron chi connectivity index (χ0n) is 21.4. The van der Waals surface area contributed by atoms with Gasteiger partial charge in [-0.3, -0.25) is 0 Å². The molecule has 0 radical (unpaired) electrons. The number of rotatable bonds is 3. The topological polar surface area (TPSA) is 74.6 Å². The molecule has 0 spiro atoms. The summed E-state index contributed by atoms with van der Waals surface area (Å²) < 4.78 is 0. The first kappa shape index (κ1) is 25.0. The average molecular weight is 495 g/mol. The van der Waals surface area contributed by atoms with E-state index in [0.29, 0.717) is 5.92 Å². The molecule has 0 aromatic heterocycles. The minimum atomic E-state index is -1.11. The number of carboxylic acids is 2. The fraction of sp³-hybridized carbons (Fsp3) is 0.333. The van der Waals surface area contributed by atoms with Crippen molar-refractivity contribution in [1.82, 2.24) is 0 Å². The fourth-order valence-electron chi connectivity index (χ4n) is 6.43. The van der Waals surface area contributed by atoms with E-state index in [2.05, 4.69) is 48.6 Å². The van der Waals surface area contributed by atoms with Crippen molar-refractivity contribution in [3.63, 3.8) is 0 Å². The molecule has 0 amide bonds. The van der Waals surface area contributed by atoms with Gasteiger partial charge in [-0.25, -0.2) is 9.59 Å². The lowest BCUT2D eigenvalue weighted by molar-refractivity contribution is 0.0696. The summed E-state index contributed by atoms with van der Waals surface area (Å²) in [6, 6.07) is 18.0. The first-order valence-corrected chi connectivity index (χ1v) is 13.4.